The molecule has 0 spiro atoms. The van der Waals surface area contributed by atoms with Crippen LogP contribution in [-0.2, 0) is 15.9 Å². The molecule has 2 fully saturated rings. The second-order valence-corrected chi connectivity index (χ2v) is 5.81. The molecule has 0 bridgehead atoms. The summed E-state index contributed by atoms with van der Waals surface area (Å²) in [5, 5.41) is 2.41. The van der Waals surface area contributed by atoms with Gasteiger partial charge in [0.1, 0.15) is 36.9 Å². The Balaban J connectivity index is 1.61. The van der Waals surface area contributed by atoms with Crippen molar-refractivity contribution in [2.24, 2.45) is 0 Å². The smallest absolute Gasteiger partial charge is 0.123 e. The molecule has 4 heteroatoms. The highest BCUT2D eigenvalue weighted by Crippen LogP contribution is 2.32. The Bertz CT molecular complexity index is 669. The van der Waals surface area contributed by atoms with Gasteiger partial charge in [0, 0.05) is 5.56 Å². The molecule has 4 nitrogen and oxygen atoms in total. The molecule has 2 aromatic carbocycles. The Hall–Kier alpha value is -1.78. The molecule has 2 saturated heterocycles. The lowest BCUT2D eigenvalue weighted by atomic mass is 10.0. The SMILES string of the molecule is CCc1c(OCC2CO2)ccc2ccc(OCC3CO3)cc12. The molecule has 22 heavy (non-hydrogen) atoms. The second kappa shape index (κ2) is 5.78. The van der Waals surface area contributed by atoms with Crippen LogP contribution in [0.3, 0.4) is 0 Å². The van der Waals surface area contributed by atoms with Crippen molar-refractivity contribution in [1.29, 1.82) is 0 Å². The molecule has 2 aliphatic heterocycles. The van der Waals surface area contributed by atoms with Crippen molar-refractivity contribution in [3.05, 3.63) is 35.9 Å². The van der Waals surface area contributed by atoms with E-state index in [1.165, 1.54) is 16.3 Å². The van der Waals surface area contributed by atoms with Gasteiger partial charge in [-0.15, -0.1) is 0 Å². The molecular formula is C18H20O4. The van der Waals surface area contributed by atoms with Crippen LogP contribution < -0.4 is 9.47 Å². The average molecular weight is 300 g/mol. The zero-order valence-electron chi connectivity index (χ0n) is 12.7. The summed E-state index contributed by atoms with van der Waals surface area (Å²) in [6, 6.07) is 10.4. The molecule has 4 rings (SSSR count). The highest BCUT2D eigenvalue weighted by molar-refractivity contribution is 5.89. The first-order valence-corrected chi connectivity index (χ1v) is 7.88. The maximum atomic E-state index is 5.92. The van der Waals surface area contributed by atoms with Gasteiger partial charge in [-0.1, -0.05) is 19.1 Å². The number of hydrogen-bond acceptors (Lipinski definition) is 4. The minimum absolute atomic E-state index is 0.272. The standard InChI is InChI=1S/C18H20O4/c1-2-16-17-7-13(19-8-14-9-20-14)5-3-12(17)4-6-18(16)22-11-15-10-21-15/h3-7,14-15H,2,8-11H2,1H3. The zero-order chi connectivity index (χ0) is 14.9. The van der Waals surface area contributed by atoms with Crippen LogP contribution in [0.25, 0.3) is 10.8 Å². The van der Waals surface area contributed by atoms with Crippen LogP contribution in [0, 0.1) is 0 Å². The second-order valence-electron chi connectivity index (χ2n) is 5.81. The number of ether oxygens (including phenoxy) is 4. The number of rotatable bonds is 7. The zero-order valence-corrected chi connectivity index (χ0v) is 12.7. The molecular weight excluding hydrogens is 280 g/mol. The molecule has 2 unspecified atom stereocenters. The molecule has 116 valence electrons. The van der Waals surface area contributed by atoms with Crippen LogP contribution >= 0.6 is 0 Å². The Morgan fingerprint density at radius 3 is 2.36 bits per heavy atom. The molecule has 2 atom stereocenters. The number of hydrogen-bond donors (Lipinski definition) is 0. The predicted molar refractivity (Wildman–Crippen MR) is 83.8 cm³/mol. The van der Waals surface area contributed by atoms with E-state index in [9.17, 15) is 0 Å². The monoisotopic (exact) mass is 300 g/mol. The van der Waals surface area contributed by atoms with Gasteiger partial charge in [-0.3, -0.25) is 0 Å². The van der Waals surface area contributed by atoms with Gasteiger partial charge >= 0.3 is 0 Å². The topological polar surface area (TPSA) is 43.5 Å². The Morgan fingerprint density at radius 2 is 1.68 bits per heavy atom. The number of epoxide rings is 2. The van der Waals surface area contributed by atoms with E-state index >= 15 is 0 Å². The highest BCUT2D eigenvalue weighted by atomic mass is 16.6. The van der Waals surface area contributed by atoms with E-state index in [1.54, 1.807) is 0 Å². The molecule has 0 amide bonds. The third-order valence-corrected chi connectivity index (χ3v) is 4.08. The van der Waals surface area contributed by atoms with E-state index in [2.05, 4.69) is 31.2 Å². The fourth-order valence-corrected chi connectivity index (χ4v) is 2.63. The van der Waals surface area contributed by atoms with E-state index in [0.29, 0.717) is 13.2 Å². The predicted octanol–water partition coefficient (Wildman–Crippen LogP) is 2.96. The van der Waals surface area contributed by atoms with Crippen LogP contribution in [0.4, 0.5) is 0 Å². The molecule has 0 radical (unpaired) electrons. The fraction of sp³-hybridized carbons (Fsp3) is 0.444. The van der Waals surface area contributed by atoms with Crippen molar-refractivity contribution in [3.8, 4) is 11.5 Å². The molecule has 0 N–H and O–H groups in total. The van der Waals surface area contributed by atoms with Crippen LogP contribution in [-0.4, -0.2) is 38.6 Å². The summed E-state index contributed by atoms with van der Waals surface area (Å²) < 4.78 is 22.1. The molecule has 0 aromatic heterocycles. The first kappa shape index (κ1) is 13.9. The van der Waals surface area contributed by atoms with E-state index in [-0.39, 0.29) is 12.2 Å². The quantitative estimate of drug-likeness (QED) is 0.737. The molecule has 0 saturated carbocycles. The third kappa shape index (κ3) is 3.03. The molecule has 2 aromatic rings. The average Bonchev–Trinajstić information content (AvgIpc) is 3.44. The van der Waals surface area contributed by atoms with Crippen LogP contribution in [0.1, 0.15) is 12.5 Å². The minimum Gasteiger partial charge on any atom is -0.491 e. The van der Waals surface area contributed by atoms with Crippen molar-refractivity contribution in [1.82, 2.24) is 0 Å². The van der Waals surface area contributed by atoms with E-state index < -0.39 is 0 Å². The van der Waals surface area contributed by atoms with Gasteiger partial charge in [-0.2, -0.15) is 0 Å². The lowest BCUT2D eigenvalue weighted by molar-refractivity contribution is 0.261. The Labute approximate surface area is 129 Å². The van der Waals surface area contributed by atoms with E-state index in [1.807, 2.05) is 6.07 Å². The van der Waals surface area contributed by atoms with Crippen molar-refractivity contribution < 1.29 is 18.9 Å². The largest absolute Gasteiger partial charge is 0.491 e. The number of aryl methyl sites for hydroxylation is 1. The van der Waals surface area contributed by atoms with Crippen molar-refractivity contribution in [3.63, 3.8) is 0 Å². The van der Waals surface area contributed by atoms with E-state index in [4.69, 9.17) is 18.9 Å². The van der Waals surface area contributed by atoms with Crippen LogP contribution in [0.2, 0.25) is 0 Å². The van der Waals surface area contributed by atoms with Gasteiger partial charge in [-0.25, -0.2) is 0 Å². The summed E-state index contributed by atoms with van der Waals surface area (Å²) in [6.07, 6.45) is 1.47. The third-order valence-electron chi connectivity index (χ3n) is 4.08. The van der Waals surface area contributed by atoms with E-state index in [0.717, 1.165) is 31.1 Å². The van der Waals surface area contributed by atoms with Crippen molar-refractivity contribution in [2.75, 3.05) is 26.4 Å². The highest BCUT2D eigenvalue weighted by Gasteiger charge is 2.24. The summed E-state index contributed by atoms with van der Waals surface area (Å²) in [4.78, 5) is 0. The number of fused-ring (bicyclic) bond motifs is 1. The summed E-state index contributed by atoms with van der Waals surface area (Å²) in [5.41, 5.74) is 1.23. The van der Waals surface area contributed by atoms with Crippen molar-refractivity contribution in [2.45, 2.75) is 25.6 Å². The van der Waals surface area contributed by atoms with Gasteiger partial charge in [0.25, 0.3) is 0 Å². The van der Waals surface area contributed by atoms with Gasteiger partial charge in [-0.05, 0) is 35.4 Å². The minimum atomic E-state index is 0.272. The van der Waals surface area contributed by atoms with Gasteiger partial charge in [0.05, 0.1) is 13.2 Å². The summed E-state index contributed by atoms with van der Waals surface area (Å²) >= 11 is 0. The van der Waals surface area contributed by atoms with Crippen molar-refractivity contribution >= 4 is 10.8 Å². The molecule has 0 aliphatic carbocycles. The maximum absolute atomic E-state index is 5.92. The van der Waals surface area contributed by atoms with Gasteiger partial charge in [0.15, 0.2) is 0 Å². The normalized spacial score (nSPS) is 22.6. The summed E-state index contributed by atoms with van der Waals surface area (Å²) in [7, 11) is 0. The van der Waals surface area contributed by atoms with Crippen LogP contribution in [0.5, 0.6) is 11.5 Å². The molecule has 2 heterocycles. The Kier molecular flexibility index (Phi) is 3.64. The maximum Gasteiger partial charge on any atom is 0.123 e. The first-order valence-electron chi connectivity index (χ1n) is 7.88. The molecule has 2 aliphatic rings. The fourth-order valence-electron chi connectivity index (χ4n) is 2.63. The first-order chi connectivity index (χ1) is 10.8. The van der Waals surface area contributed by atoms with Gasteiger partial charge in [0.2, 0.25) is 0 Å². The Morgan fingerprint density at radius 1 is 1.00 bits per heavy atom. The number of benzene rings is 2. The summed E-state index contributed by atoms with van der Waals surface area (Å²) in [5.74, 6) is 1.84. The van der Waals surface area contributed by atoms with Crippen LogP contribution in [0.15, 0.2) is 30.3 Å². The van der Waals surface area contributed by atoms with Gasteiger partial charge < -0.3 is 18.9 Å². The lowest BCUT2D eigenvalue weighted by Crippen LogP contribution is -2.06. The lowest BCUT2D eigenvalue weighted by Gasteiger charge is -2.14. The summed E-state index contributed by atoms with van der Waals surface area (Å²) in [6.45, 7) is 5.04.